The van der Waals surface area contributed by atoms with Crippen LogP contribution in [0.5, 0.6) is 5.88 Å². The van der Waals surface area contributed by atoms with Crippen molar-refractivity contribution in [2.24, 2.45) is 0 Å². The topological polar surface area (TPSA) is 76.1 Å². The van der Waals surface area contributed by atoms with Crippen molar-refractivity contribution < 1.29 is 9.53 Å². The van der Waals surface area contributed by atoms with E-state index in [2.05, 4.69) is 20.6 Å². The number of hydrogen-bond donors (Lipinski definition) is 2. The molecule has 0 bridgehead atoms. The molecule has 0 unspecified atom stereocenters. The minimum absolute atomic E-state index is 0.216. The number of rotatable bonds is 5. The Bertz CT molecular complexity index is 568. The zero-order valence-corrected chi connectivity index (χ0v) is 12.2. The molecule has 0 aliphatic carbocycles. The number of carbonyl (C=O) groups is 1. The Labute approximate surface area is 121 Å². The molecule has 0 fully saturated rings. The van der Waals surface area contributed by atoms with E-state index in [9.17, 15) is 4.79 Å². The van der Waals surface area contributed by atoms with Gasteiger partial charge in [-0.3, -0.25) is 0 Å². The predicted molar refractivity (Wildman–Crippen MR) is 76.7 cm³/mol. The predicted octanol–water partition coefficient (Wildman–Crippen LogP) is 1.85. The van der Waals surface area contributed by atoms with Crippen LogP contribution in [0, 0.1) is 6.92 Å². The van der Waals surface area contributed by atoms with Crippen molar-refractivity contribution in [2.75, 3.05) is 7.11 Å². The average Bonchev–Trinajstić information content (AvgIpc) is 2.89. The van der Waals surface area contributed by atoms with E-state index in [1.807, 2.05) is 13.0 Å². The number of aryl methyl sites for hydroxylation is 1. The Morgan fingerprint density at radius 2 is 2.05 bits per heavy atom. The molecule has 2 heterocycles. The first kappa shape index (κ1) is 14.3. The summed E-state index contributed by atoms with van der Waals surface area (Å²) >= 11 is 1.57. The van der Waals surface area contributed by atoms with Crippen molar-refractivity contribution in [3.8, 4) is 5.88 Å². The van der Waals surface area contributed by atoms with Crippen molar-refractivity contribution in [1.82, 2.24) is 20.6 Å². The number of urea groups is 1. The van der Waals surface area contributed by atoms with Gasteiger partial charge >= 0.3 is 6.03 Å². The van der Waals surface area contributed by atoms with Gasteiger partial charge < -0.3 is 15.4 Å². The Morgan fingerprint density at radius 3 is 2.65 bits per heavy atom. The van der Waals surface area contributed by atoms with Crippen LogP contribution in [-0.2, 0) is 13.1 Å². The van der Waals surface area contributed by atoms with Gasteiger partial charge in [0.2, 0.25) is 5.88 Å². The molecule has 0 aliphatic rings. The third kappa shape index (κ3) is 4.20. The molecule has 0 atom stereocenters. The molecule has 0 saturated carbocycles. The van der Waals surface area contributed by atoms with Gasteiger partial charge in [0.25, 0.3) is 0 Å². The number of nitrogens with one attached hydrogen (secondary N) is 2. The molecule has 0 radical (unpaired) electrons. The molecule has 6 nitrogen and oxygen atoms in total. The monoisotopic (exact) mass is 292 g/mol. The Kier molecular flexibility index (Phi) is 4.89. The fraction of sp³-hybridized carbons (Fsp3) is 0.308. The zero-order valence-electron chi connectivity index (χ0n) is 11.3. The van der Waals surface area contributed by atoms with Gasteiger partial charge in [0.15, 0.2) is 0 Å². The SMILES string of the molecule is COc1ccc(CNC(=O)NCc2cnc(C)s2)cn1. The molecule has 20 heavy (non-hydrogen) atoms. The molecule has 2 aromatic heterocycles. The second kappa shape index (κ2) is 6.85. The van der Waals surface area contributed by atoms with Crippen LogP contribution in [0.3, 0.4) is 0 Å². The lowest BCUT2D eigenvalue weighted by molar-refractivity contribution is 0.240. The van der Waals surface area contributed by atoms with E-state index in [0.717, 1.165) is 15.4 Å². The summed E-state index contributed by atoms with van der Waals surface area (Å²) in [5.74, 6) is 0.554. The second-order valence-corrected chi connectivity index (χ2v) is 5.41. The smallest absolute Gasteiger partial charge is 0.315 e. The standard InChI is InChI=1S/C13H16N4O2S/c1-9-14-7-11(20-9)8-17-13(18)16-6-10-3-4-12(19-2)15-5-10/h3-5,7H,6,8H2,1-2H3,(H2,16,17,18). The minimum Gasteiger partial charge on any atom is -0.481 e. The Hall–Kier alpha value is -2.15. The summed E-state index contributed by atoms with van der Waals surface area (Å²) in [6.07, 6.45) is 3.44. The van der Waals surface area contributed by atoms with Gasteiger partial charge in [0, 0.05) is 29.9 Å². The summed E-state index contributed by atoms with van der Waals surface area (Å²) in [6.45, 7) is 2.84. The number of carbonyl (C=O) groups excluding carboxylic acids is 1. The highest BCUT2D eigenvalue weighted by Crippen LogP contribution is 2.10. The molecular formula is C13H16N4O2S. The van der Waals surface area contributed by atoms with Crippen molar-refractivity contribution >= 4 is 17.4 Å². The number of thiazole rings is 1. The normalized spacial score (nSPS) is 10.1. The van der Waals surface area contributed by atoms with Gasteiger partial charge in [0.1, 0.15) is 0 Å². The molecule has 106 valence electrons. The zero-order chi connectivity index (χ0) is 14.4. The van der Waals surface area contributed by atoms with Gasteiger partial charge in [0.05, 0.1) is 18.7 Å². The third-order valence-corrected chi connectivity index (χ3v) is 3.46. The van der Waals surface area contributed by atoms with E-state index in [4.69, 9.17) is 4.74 Å². The average molecular weight is 292 g/mol. The summed E-state index contributed by atoms with van der Waals surface area (Å²) in [4.78, 5) is 20.9. The highest BCUT2D eigenvalue weighted by molar-refractivity contribution is 7.11. The molecule has 0 aliphatic heterocycles. The second-order valence-electron chi connectivity index (χ2n) is 4.09. The Morgan fingerprint density at radius 1 is 1.25 bits per heavy atom. The van der Waals surface area contributed by atoms with Crippen LogP contribution in [0.2, 0.25) is 0 Å². The molecule has 0 spiro atoms. The number of aromatic nitrogens is 2. The summed E-state index contributed by atoms with van der Waals surface area (Å²) < 4.78 is 4.97. The molecule has 2 amide bonds. The van der Waals surface area contributed by atoms with Crippen LogP contribution in [0.4, 0.5) is 4.79 Å². The summed E-state index contributed by atoms with van der Waals surface area (Å²) in [6, 6.07) is 3.40. The van der Waals surface area contributed by atoms with Gasteiger partial charge in [-0.15, -0.1) is 11.3 Å². The molecule has 0 aromatic carbocycles. The van der Waals surface area contributed by atoms with E-state index in [1.54, 1.807) is 36.9 Å². The maximum Gasteiger partial charge on any atom is 0.315 e. The van der Waals surface area contributed by atoms with E-state index >= 15 is 0 Å². The number of amides is 2. The summed E-state index contributed by atoms with van der Waals surface area (Å²) in [5.41, 5.74) is 0.912. The molecule has 2 N–H and O–H groups in total. The van der Waals surface area contributed by atoms with Crippen LogP contribution in [-0.4, -0.2) is 23.1 Å². The van der Waals surface area contributed by atoms with Gasteiger partial charge in [-0.2, -0.15) is 0 Å². The molecule has 0 saturated heterocycles. The molecular weight excluding hydrogens is 276 g/mol. The fourth-order valence-electron chi connectivity index (χ4n) is 1.54. The maximum atomic E-state index is 11.6. The van der Waals surface area contributed by atoms with Gasteiger partial charge in [-0.05, 0) is 12.5 Å². The molecule has 2 aromatic rings. The number of ether oxygens (including phenoxy) is 1. The first-order valence-corrected chi connectivity index (χ1v) is 6.91. The van der Waals surface area contributed by atoms with E-state index in [0.29, 0.717) is 19.0 Å². The summed E-state index contributed by atoms with van der Waals surface area (Å²) in [5, 5.41) is 6.54. The number of hydrogen-bond acceptors (Lipinski definition) is 5. The first-order chi connectivity index (χ1) is 9.67. The molecule has 7 heteroatoms. The van der Waals surface area contributed by atoms with E-state index < -0.39 is 0 Å². The van der Waals surface area contributed by atoms with E-state index in [1.165, 1.54) is 0 Å². The van der Waals surface area contributed by atoms with E-state index in [-0.39, 0.29) is 6.03 Å². The Balaban J connectivity index is 1.74. The third-order valence-electron chi connectivity index (χ3n) is 2.55. The first-order valence-electron chi connectivity index (χ1n) is 6.09. The van der Waals surface area contributed by atoms with Gasteiger partial charge in [-0.25, -0.2) is 14.8 Å². The maximum absolute atomic E-state index is 11.6. The fourth-order valence-corrected chi connectivity index (χ4v) is 2.27. The van der Waals surface area contributed by atoms with Crippen molar-refractivity contribution in [1.29, 1.82) is 0 Å². The van der Waals surface area contributed by atoms with Gasteiger partial charge in [-0.1, -0.05) is 6.07 Å². The van der Waals surface area contributed by atoms with Crippen molar-refractivity contribution in [3.05, 3.63) is 40.0 Å². The highest BCUT2D eigenvalue weighted by Gasteiger charge is 2.03. The quantitative estimate of drug-likeness (QED) is 0.882. The number of nitrogens with zero attached hydrogens (tertiary/aromatic N) is 2. The van der Waals surface area contributed by atoms with Crippen LogP contribution >= 0.6 is 11.3 Å². The lowest BCUT2D eigenvalue weighted by Crippen LogP contribution is -2.34. The summed E-state index contributed by atoms with van der Waals surface area (Å²) in [7, 11) is 1.56. The van der Waals surface area contributed by atoms with Crippen LogP contribution in [0.15, 0.2) is 24.5 Å². The van der Waals surface area contributed by atoms with Crippen molar-refractivity contribution in [3.63, 3.8) is 0 Å². The van der Waals surface area contributed by atoms with Crippen molar-refractivity contribution in [2.45, 2.75) is 20.0 Å². The van der Waals surface area contributed by atoms with Crippen LogP contribution in [0.25, 0.3) is 0 Å². The number of pyridine rings is 1. The molecule has 2 rings (SSSR count). The van der Waals surface area contributed by atoms with Crippen LogP contribution in [0.1, 0.15) is 15.4 Å². The minimum atomic E-state index is -0.216. The number of methoxy groups -OCH3 is 1. The van der Waals surface area contributed by atoms with Crippen LogP contribution < -0.4 is 15.4 Å². The lowest BCUT2D eigenvalue weighted by atomic mass is 10.3. The highest BCUT2D eigenvalue weighted by atomic mass is 32.1. The lowest BCUT2D eigenvalue weighted by Gasteiger charge is -2.07. The largest absolute Gasteiger partial charge is 0.481 e.